The Bertz CT molecular complexity index is 280. The standard InChI is InChI=1S/C10H15N3/c1-2-8-5-7(1)6-9(8)13-10-11-3-4-12-10/h3-4,7-9H,1-2,5-6H2,(H2,11,12,13). The van der Waals surface area contributed by atoms with Gasteiger partial charge in [0.2, 0.25) is 0 Å². The van der Waals surface area contributed by atoms with Gasteiger partial charge >= 0.3 is 0 Å². The third-order valence-corrected chi connectivity index (χ3v) is 3.56. The Hall–Kier alpha value is -0.990. The third-order valence-electron chi connectivity index (χ3n) is 3.56. The first-order chi connectivity index (χ1) is 6.42. The number of H-pyrrole nitrogens is 1. The highest BCUT2D eigenvalue weighted by atomic mass is 15.1. The number of aromatic nitrogens is 2. The molecule has 2 saturated carbocycles. The summed E-state index contributed by atoms with van der Waals surface area (Å²) in [5.41, 5.74) is 0. The minimum absolute atomic E-state index is 0.685. The summed E-state index contributed by atoms with van der Waals surface area (Å²) in [5, 5.41) is 3.49. The summed E-state index contributed by atoms with van der Waals surface area (Å²) < 4.78 is 0. The predicted octanol–water partition coefficient (Wildman–Crippen LogP) is 2.01. The molecular weight excluding hydrogens is 162 g/mol. The first-order valence-corrected chi connectivity index (χ1v) is 5.18. The van der Waals surface area contributed by atoms with E-state index in [-0.39, 0.29) is 0 Å². The van der Waals surface area contributed by atoms with Gasteiger partial charge in [0.15, 0.2) is 5.95 Å². The van der Waals surface area contributed by atoms with Crippen molar-refractivity contribution in [1.82, 2.24) is 9.97 Å². The summed E-state index contributed by atoms with van der Waals surface area (Å²) >= 11 is 0. The Labute approximate surface area is 78.0 Å². The fourth-order valence-corrected chi connectivity index (χ4v) is 2.94. The van der Waals surface area contributed by atoms with Crippen LogP contribution in [0, 0.1) is 11.8 Å². The van der Waals surface area contributed by atoms with Crippen LogP contribution in [0.1, 0.15) is 25.7 Å². The maximum atomic E-state index is 4.20. The molecule has 0 amide bonds. The van der Waals surface area contributed by atoms with Crippen molar-refractivity contribution in [3.05, 3.63) is 12.4 Å². The van der Waals surface area contributed by atoms with E-state index >= 15 is 0 Å². The van der Waals surface area contributed by atoms with Crippen LogP contribution >= 0.6 is 0 Å². The molecule has 0 radical (unpaired) electrons. The molecule has 1 heterocycles. The van der Waals surface area contributed by atoms with Crippen LogP contribution in [0.3, 0.4) is 0 Å². The number of anilines is 1. The molecule has 2 fully saturated rings. The Morgan fingerprint density at radius 3 is 3.00 bits per heavy atom. The van der Waals surface area contributed by atoms with Gasteiger partial charge in [0.05, 0.1) is 0 Å². The smallest absolute Gasteiger partial charge is 0.200 e. The van der Waals surface area contributed by atoms with Crippen LogP contribution in [-0.4, -0.2) is 16.0 Å². The molecule has 13 heavy (non-hydrogen) atoms. The molecule has 0 aromatic carbocycles. The molecule has 0 spiro atoms. The summed E-state index contributed by atoms with van der Waals surface area (Å²) in [5.74, 6) is 2.85. The van der Waals surface area contributed by atoms with Gasteiger partial charge in [-0.1, -0.05) is 6.42 Å². The molecule has 3 unspecified atom stereocenters. The first-order valence-electron chi connectivity index (χ1n) is 5.18. The van der Waals surface area contributed by atoms with E-state index in [4.69, 9.17) is 0 Å². The van der Waals surface area contributed by atoms with Crippen molar-refractivity contribution < 1.29 is 0 Å². The normalized spacial score (nSPS) is 36.8. The van der Waals surface area contributed by atoms with Crippen molar-refractivity contribution in [3.63, 3.8) is 0 Å². The molecule has 0 saturated heterocycles. The van der Waals surface area contributed by atoms with Crippen LogP contribution in [-0.2, 0) is 0 Å². The number of fused-ring (bicyclic) bond motifs is 2. The molecule has 2 aliphatic carbocycles. The lowest BCUT2D eigenvalue weighted by atomic mass is 9.95. The minimum Gasteiger partial charge on any atom is -0.353 e. The van der Waals surface area contributed by atoms with Crippen LogP contribution in [0.4, 0.5) is 5.95 Å². The average Bonchev–Trinajstić information content (AvgIpc) is 2.77. The molecule has 2 bridgehead atoms. The van der Waals surface area contributed by atoms with Gasteiger partial charge in [0.25, 0.3) is 0 Å². The van der Waals surface area contributed by atoms with Crippen LogP contribution in [0.25, 0.3) is 0 Å². The van der Waals surface area contributed by atoms with Gasteiger partial charge in [-0.05, 0) is 31.1 Å². The van der Waals surface area contributed by atoms with Gasteiger partial charge in [-0.25, -0.2) is 4.98 Å². The molecular formula is C10H15N3. The van der Waals surface area contributed by atoms with Crippen molar-refractivity contribution in [2.24, 2.45) is 11.8 Å². The molecule has 3 nitrogen and oxygen atoms in total. The molecule has 0 aliphatic heterocycles. The van der Waals surface area contributed by atoms with Crippen molar-refractivity contribution in [1.29, 1.82) is 0 Å². The van der Waals surface area contributed by atoms with E-state index in [1.54, 1.807) is 6.20 Å². The van der Waals surface area contributed by atoms with Crippen molar-refractivity contribution in [2.45, 2.75) is 31.7 Å². The van der Waals surface area contributed by atoms with Gasteiger partial charge in [-0.15, -0.1) is 0 Å². The Morgan fingerprint density at radius 1 is 1.38 bits per heavy atom. The summed E-state index contributed by atoms with van der Waals surface area (Å²) in [7, 11) is 0. The number of aromatic amines is 1. The second kappa shape index (κ2) is 2.76. The van der Waals surface area contributed by atoms with Crippen LogP contribution in [0.15, 0.2) is 12.4 Å². The Kier molecular flexibility index (Phi) is 1.57. The lowest BCUT2D eigenvalue weighted by molar-refractivity contribution is 0.438. The number of imidazole rings is 1. The topological polar surface area (TPSA) is 40.7 Å². The Morgan fingerprint density at radius 2 is 2.38 bits per heavy atom. The van der Waals surface area contributed by atoms with Crippen LogP contribution in [0.5, 0.6) is 0 Å². The van der Waals surface area contributed by atoms with Gasteiger partial charge in [-0.2, -0.15) is 0 Å². The zero-order valence-electron chi connectivity index (χ0n) is 7.66. The molecule has 1 aromatic rings. The lowest BCUT2D eigenvalue weighted by Gasteiger charge is -2.22. The van der Waals surface area contributed by atoms with E-state index in [1.807, 2.05) is 6.20 Å². The summed E-state index contributed by atoms with van der Waals surface area (Å²) in [6.45, 7) is 0. The van der Waals surface area contributed by atoms with Gasteiger partial charge < -0.3 is 10.3 Å². The number of nitrogens with one attached hydrogen (secondary N) is 2. The maximum Gasteiger partial charge on any atom is 0.200 e. The largest absolute Gasteiger partial charge is 0.353 e. The highest BCUT2D eigenvalue weighted by molar-refractivity contribution is 5.26. The molecule has 3 rings (SSSR count). The molecule has 1 aromatic heterocycles. The van der Waals surface area contributed by atoms with E-state index in [9.17, 15) is 0 Å². The van der Waals surface area contributed by atoms with E-state index in [2.05, 4.69) is 15.3 Å². The lowest BCUT2D eigenvalue weighted by Crippen LogP contribution is -2.26. The minimum atomic E-state index is 0.685. The first kappa shape index (κ1) is 7.42. The van der Waals surface area contributed by atoms with Crippen LogP contribution < -0.4 is 5.32 Å². The maximum absolute atomic E-state index is 4.20. The highest BCUT2D eigenvalue weighted by Crippen LogP contribution is 2.45. The summed E-state index contributed by atoms with van der Waals surface area (Å²) in [6, 6.07) is 0.685. The number of hydrogen-bond acceptors (Lipinski definition) is 2. The molecule has 3 atom stereocenters. The fourth-order valence-electron chi connectivity index (χ4n) is 2.94. The average molecular weight is 177 g/mol. The molecule has 3 heteroatoms. The van der Waals surface area contributed by atoms with E-state index in [1.165, 1.54) is 25.7 Å². The third kappa shape index (κ3) is 1.23. The predicted molar refractivity (Wildman–Crippen MR) is 51.4 cm³/mol. The van der Waals surface area contributed by atoms with Gasteiger partial charge in [-0.3, -0.25) is 0 Å². The second-order valence-electron chi connectivity index (χ2n) is 4.36. The quantitative estimate of drug-likeness (QED) is 0.725. The summed E-state index contributed by atoms with van der Waals surface area (Å²) in [6.07, 6.45) is 9.35. The van der Waals surface area contributed by atoms with Gasteiger partial charge in [0.1, 0.15) is 0 Å². The van der Waals surface area contributed by atoms with Crippen LogP contribution in [0.2, 0.25) is 0 Å². The van der Waals surface area contributed by atoms with E-state index < -0.39 is 0 Å². The summed E-state index contributed by atoms with van der Waals surface area (Å²) in [4.78, 5) is 7.30. The molecule has 2 N–H and O–H groups in total. The SMILES string of the molecule is c1c[nH]c(NC2CC3CCC2C3)n1. The zero-order valence-corrected chi connectivity index (χ0v) is 7.66. The van der Waals surface area contributed by atoms with E-state index in [0.717, 1.165) is 17.8 Å². The fraction of sp³-hybridized carbons (Fsp3) is 0.700. The van der Waals surface area contributed by atoms with Crippen molar-refractivity contribution >= 4 is 5.95 Å². The van der Waals surface area contributed by atoms with E-state index in [0.29, 0.717) is 6.04 Å². The number of nitrogens with zero attached hydrogens (tertiary/aromatic N) is 1. The molecule has 70 valence electrons. The highest BCUT2D eigenvalue weighted by Gasteiger charge is 2.39. The number of rotatable bonds is 2. The monoisotopic (exact) mass is 177 g/mol. The van der Waals surface area contributed by atoms with Crippen molar-refractivity contribution in [3.8, 4) is 0 Å². The van der Waals surface area contributed by atoms with Gasteiger partial charge in [0, 0.05) is 18.4 Å². The molecule has 2 aliphatic rings. The Balaban J connectivity index is 1.68. The van der Waals surface area contributed by atoms with Crippen molar-refractivity contribution in [2.75, 3.05) is 5.32 Å². The number of hydrogen-bond donors (Lipinski definition) is 2. The zero-order chi connectivity index (χ0) is 8.67. The second-order valence-corrected chi connectivity index (χ2v) is 4.36.